The molecule has 0 heterocycles. The molecule has 0 bridgehead atoms. The van der Waals surface area contributed by atoms with E-state index < -0.39 is 5.82 Å². The number of hydrogen-bond acceptors (Lipinski definition) is 3. The Hall–Kier alpha value is -1.62. The van der Waals surface area contributed by atoms with Gasteiger partial charge in [-0.15, -0.1) is 0 Å². The highest BCUT2D eigenvalue weighted by Gasteiger charge is 2.34. The Kier molecular flexibility index (Phi) is 4.60. The number of rotatable bonds is 5. The van der Waals surface area contributed by atoms with E-state index in [4.69, 9.17) is 5.26 Å². The van der Waals surface area contributed by atoms with Gasteiger partial charge in [-0.2, -0.15) is 5.26 Å². The van der Waals surface area contributed by atoms with Crippen LogP contribution in [0.25, 0.3) is 0 Å². The lowest BCUT2D eigenvalue weighted by atomic mass is 10.3. The van der Waals surface area contributed by atoms with Gasteiger partial charge in [0, 0.05) is 9.61 Å². The molecule has 1 N–H and O–H groups in total. The van der Waals surface area contributed by atoms with E-state index >= 15 is 0 Å². The zero-order chi connectivity index (χ0) is 14.7. The minimum atomic E-state index is -0.401. The molecule has 104 valence electrons. The smallest absolute Gasteiger partial charge is 0.242 e. The summed E-state index contributed by atoms with van der Waals surface area (Å²) >= 11 is 2.02. The molecule has 0 aromatic heterocycles. The topological polar surface area (TPSA) is 56.1 Å². The van der Waals surface area contributed by atoms with E-state index in [-0.39, 0.29) is 24.1 Å². The first kappa shape index (κ1) is 14.8. The number of carbonyl (C=O) groups is 1. The Labute approximate surface area is 130 Å². The number of nitrogens with one attached hydrogen (secondary N) is 1. The lowest BCUT2D eigenvalue weighted by Crippen LogP contribution is -2.34. The summed E-state index contributed by atoms with van der Waals surface area (Å²) in [5.74, 6) is -0.396. The van der Waals surface area contributed by atoms with E-state index in [1.54, 1.807) is 12.1 Å². The van der Waals surface area contributed by atoms with Gasteiger partial charge < -0.3 is 5.32 Å². The molecule has 0 aliphatic heterocycles. The fourth-order valence-electron chi connectivity index (χ4n) is 1.87. The normalized spacial score (nSPS) is 13.4. The third-order valence-electron chi connectivity index (χ3n) is 2.91. The molecular weight excluding hydrogens is 372 g/mol. The van der Waals surface area contributed by atoms with Gasteiger partial charge >= 0.3 is 0 Å². The number of halogens is 2. The second kappa shape index (κ2) is 6.22. The number of nitrogens with zero attached hydrogens (tertiary/aromatic N) is 2. The SMILES string of the molecule is C=C(Nc1ccc(I)cc1F)N(C(=O)CC#N)C1CC1. The monoisotopic (exact) mass is 385 g/mol. The Morgan fingerprint density at radius 3 is 2.85 bits per heavy atom. The molecule has 0 unspecified atom stereocenters. The van der Waals surface area contributed by atoms with Crippen LogP contribution >= 0.6 is 22.6 Å². The Balaban J connectivity index is 2.12. The Bertz CT molecular complexity index is 593. The lowest BCUT2D eigenvalue weighted by Gasteiger charge is -2.24. The fourth-order valence-corrected chi connectivity index (χ4v) is 2.32. The van der Waals surface area contributed by atoms with Crippen molar-refractivity contribution in [1.29, 1.82) is 5.26 Å². The fraction of sp³-hybridized carbons (Fsp3) is 0.286. The van der Waals surface area contributed by atoms with Crippen molar-refractivity contribution in [1.82, 2.24) is 4.90 Å². The summed E-state index contributed by atoms with van der Waals surface area (Å²) < 4.78 is 14.6. The van der Waals surface area contributed by atoms with Gasteiger partial charge in [0.2, 0.25) is 5.91 Å². The second-order valence-corrected chi connectivity index (χ2v) is 5.77. The van der Waals surface area contributed by atoms with Gasteiger partial charge in [0.05, 0.1) is 11.8 Å². The van der Waals surface area contributed by atoms with Gasteiger partial charge in [-0.05, 0) is 53.6 Å². The van der Waals surface area contributed by atoms with Crippen molar-refractivity contribution in [2.75, 3.05) is 5.32 Å². The van der Waals surface area contributed by atoms with Crippen molar-refractivity contribution < 1.29 is 9.18 Å². The molecule has 4 nitrogen and oxygen atoms in total. The molecule has 1 aromatic carbocycles. The third kappa shape index (κ3) is 3.48. The number of nitriles is 1. The quantitative estimate of drug-likeness (QED) is 0.792. The molecular formula is C14H13FIN3O. The molecule has 1 saturated carbocycles. The summed E-state index contributed by atoms with van der Waals surface area (Å²) in [5, 5.41) is 11.4. The van der Waals surface area contributed by atoms with Crippen LogP contribution < -0.4 is 5.32 Å². The predicted octanol–water partition coefficient (Wildman–Crippen LogP) is 3.22. The molecule has 0 saturated heterocycles. The minimum absolute atomic E-state index is 0.0720. The molecule has 2 rings (SSSR count). The zero-order valence-corrected chi connectivity index (χ0v) is 12.9. The van der Waals surface area contributed by atoms with Crippen molar-refractivity contribution in [3.05, 3.63) is 40.0 Å². The maximum atomic E-state index is 13.8. The van der Waals surface area contributed by atoms with Crippen molar-refractivity contribution in [3.63, 3.8) is 0 Å². The second-order valence-electron chi connectivity index (χ2n) is 4.53. The van der Waals surface area contributed by atoms with Gasteiger partial charge in [-0.3, -0.25) is 9.69 Å². The van der Waals surface area contributed by atoms with Gasteiger partial charge in [0.15, 0.2) is 0 Å². The Morgan fingerprint density at radius 1 is 1.60 bits per heavy atom. The van der Waals surface area contributed by atoms with E-state index in [2.05, 4.69) is 11.9 Å². The van der Waals surface area contributed by atoms with Gasteiger partial charge in [0.25, 0.3) is 0 Å². The molecule has 0 atom stereocenters. The molecule has 6 heteroatoms. The largest absolute Gasteiger partial charge is 0.340 e. The van der Waals surface area contributed by atoms with Crippen LogP contribution in [0.15, 0.2) is 30.6 Å². The standard InChI is InChI=1S/C14H13FIN3O/c1-9(18-13-5-2-10(16)8-12(13)15)19(11-3-4-11)14(20)6-7-17/h2,5,8,11,18H,1,3-4,6H2. The summed E-state index contributed by atoms with van der Waals surface area (Å²) in [7, 11) is 0. The molecule has 1 aliphatic rings. The summed E-state index contributed by atoms with van der Waals surface area (Å²) in [5.41, 5.74) is 0.269. The molecule has 0 spiro atoms. The van der Waals surface area contributed by atoms with Crippen molar-refractivity contribution in [2.24, 2.45) is 0 Å². The van der Waals surface area contributed by atoms with E-state index in [1.807, 2.05) is 28.7 Å². The molecule has 1 amide bonds. The van der Waals surface area contributed by atoms with Crippen molar-refractivity contribution >= 4 is 34.2 Å². The van der Waals surface area contributed by atoms with Crippen LogP contribution in [0.5, 0.6) is 0 Å². The number of carbonyl (C=O) groups excluding carboxylic acids is 1. The van der Waals surface area contributed by atoms with Crippen LogP contribution in [0.4, 0.5) is 10.1 Å². The first-order valence-electron chi connectivity index (χ1n) is 6.13. The average molecular weight is 385 g/mol. The van der Waals surface area contributed by atoms with Crippen LogP contribution in [-0.4, -0.2) is 16.8 Å². The van der Waals surface area contributed by atoms with E-state index in [1.165, 1.54) is 11.0 Å². The first-order valence-corrected chi connectivity index (χ1v) is 7.21. The predicted molar refractivity (Wildman–Crippen MR) is 82.0 cm³/mol. The molecule has 20 heavy (non-hydrogen) atoms. The van der Waals surface area contributed by atoms with E-state index in [0.717, 1.165) is 16.4 Å². The highest BCUT2D eigenvalue weighted by molar-refractivity contribution is 14.1. The summed E-state index contributed by atoms with van der Waals surface area (Å²) in [4.78, 5) is 13.4. The third-order valence-corrected chi connectivity index (χ3v) is 3.58. The summed E-state index contributed by atoms with van der Waals surface area (Å²) in [6, 6.07) is 6.66. The van der Waals surface area contributed by atoms with Crippen LogP contribution in [0.2, 0.25) is 0 Å². The van der Waals surface area contributed by atoms with Crippen LogP contribution in [0.1, 0.15) is 19.3 Å². The van der Waals surface area contributed by atoms with Crippen LogP contribution in [0, 0.1) is 20.7 Å². The minimum Gasteiger partial charge on any atom is -0.340 e. The molecule has 0 radical (unpaired) electrons. The van der Waals surface area contributed by atoms with E-state index in [0.29, 0.717) is 5.82 Å². The number of hydrogen-bond donors (Lipinski definition) is 1. The average Bonchev–Trinajstić information content (AvgIpc) is 3.18. The summed E-state index contributed by atoms with van der Waals surface area (Å²) in [6.45, 7) is 3.79. The first-order chi connectivity index (χ1) is 9.52. The highest BCUT2D eigenvalue weighted by Crippen LogP contribution is 2.31. The molecule has 1 aliphatic carbocycles. The van der Waals surface area contributed by atoms with Crippen molar-refractivity contribution in [2.45, 2.75) is 25.3 Å². The highest BCUT2D eigenvalue weighted by atomic mass is 127. The van der Waals surface area contributed by atoms with Crippen LogP contribution in [-0.2, 0) is 4.79 Å². The molecule has 1 fully saturated rings. The maximum Gasteiger partial charge on any atom is 0.242 e. The van der Waals surface area contributed by atoms with Crippen molar-refractivity contribution in [3.8, 4) is 6.07 Å². The number of benzene rings is 1. The van der Waals surface area contributed by atoms with Crippen LogP contribution in [0.3, 0.4) is 0 Å². The molecule has 1 aromatic rings. The maximum absolute atomic E-state index is 13.8. The van der Waals surface area contributed by atoms with Gasteiger partial charge in [-0.25, -0.2) is 4.39 Å². The number of amides is 1. The van der Waals surface area contributed by atoms with Gasteiger partial charge in [-0.1, -0.05) is 6.58 Å². The zero-order valence-electron chi connectivity index (χ0n) is 10.7. The number of anilines is 1. The summed E-state index contributed by atoms with van der Waals surface area (Å²) in [6.07, 6.45) is 1.56. The van der Waals surface area contributed by atoms with Gasteiger partial charge in [0.1, 0.15) is 18.1 Å². The Morgan fingerprint density at radius 2 is 2.30 bits per heavy atom. The van der Waals surface area contributed by atoms with E-state index in [9.17, 15) is 9.18 Å². The lowest BCUT2D eigenvalue weighted by molar-refractivity contribution is -0.128.